The molecule has 2 aliphatic heterocycles. The van der Waals surface area contributed by atoms with Crippen molar-refractivity contribution in [2.45, 2.75) is 63.2 Å². The average Bonchev–Trinajstić information content (AvgIpc) is 2.57. The summed E-state index contributed by atoms with van der Waals surface area (Å²) in [5.41, 5.74) is 0. The van der Waals surface area contributed by atoms with Crippen molar-refractivity contribution in [1.29, 1.82) is 0 Å². The van der Waals surface area contributed by atoms with E-state index in [1.807, 2.05) is 6.26 Å². The molecule has 0 spiro atoms. The van der Waals surface area contributed by atoms with E-state index < -0.39 is 10.8 Å². The van der Waals surface area contributed by atoms with Gasteiger partial charge in [-0.25, -0.2) is 0 Å². The first-order valence-corrected chi connectivity index (χ1v) is 8.59. The molecule has 0 amide bonds. The number of hydrogen-bond acceptors (Lipinski definition) is 3. The molecule has 0 aromatic heterocycles. The van der Waals surface area contributed by atoms with Crippen LogP contribution in [0.25, 0.3) is 0 Å². The third-order valence-corrected chi connectivity index (χ3v) is 5.34. The molecular weight excluding hydrogens is 232 g/mol. The molecule has 17 heavy (non-hydrogen) atoms. The van der Waals surface area contributed by atoms with Gasteiger partial charge < -0.3 is 5.32 Å². The maximum atomic E-state index is 11.2. The van der Waals surface area contributed by atoms with Crippen LogP contribution in [0.3, 0.4) is 0 Å². The quantitative estimate of drug-likeness (QED) is 0.808. The Kier molecular flexibility index (Phi) is 4.61. The molecule has 0 aliphatic carbocycles. The normalized spacial score (nSPS) is 37.0. The molecule has 0 aromatic rings. The molecule has 2 bridgehead atoms. The molecule has 2 fully saturated rings. The monoisotopic (exact) mass is 258 g/mol. The Bertz CT molecular complexity index is 271. The molecule has 4 heteroatoms. The fourth-order valence-electron chi connectivity index (χ4n) is 3.65. The fourth-order valence-corrected chi connectivity index (χ4v) is 4.33. The molecule has 0 saturated carbocycles. The van der Waals surface area contributed by atoms with Crippen molar-refractivity contribution in [2.75, 3.05) is 19.1 Å². The van der Waals surface area contributed by atoms with Crippen LogP contribution in [0.2, 0.25) is 0 Å². The third-order valence-electron chi connectivity index (χ3n) is 4.53. The van der Waals surface area contributed by atoms with Crippen LogP contribution in [0.15, 0.2) is 0 Å². The van der Waals surface area contributed by atoms with Crippen LogP contribution in [0.4, 0.5) is 0 Å². The maximum absolute atomic E-state index is 11.2. The molecule has 4 unspecified atom stereocenters. The lowest BCUT2D eigenvalue weighted by Crippen LogP contribution is -2.52. The Morgan fingerprint density at radius 2 is 1.94 bits per heavy atom. The van der Waals surface area contributed by atoms with Crippen LogP contribution in [0, 0.1) is 0 Å². The number of rotatable bonds is 5. The smallest absolute Gasteiger partial charge is 0.0246 e. The molecule has 1 N–H and O–H groups in total. The fraction of sp³-hybridized carbons (Fsp3) is 1.00. The summed E-state index contributed by atoms with van der Waals surface area (Å²) in [4.78, 5) is 2.72. The Labute approximate surface area is 108 Å². The lowest BCUT2D eigenvalue weighted by Gasteiger charge is -2.42. The SMILES string of the molecule is CNC1CC2CCC(C1)N2C(C)CCS(C)=O. The van der Waals surface area contributed by atoms with Crippen molar-refractivity contribution in [3.8, 4) is 0 Å². The van der Waals surface area contributed by atoms with E-state index in [9.17, 15) is 4.21 Å². The van der Waals surface area contributed by atoms with E-state index in [0.29, 0.717) is 6.04 Å². The molecule has 2 heterocycles. The third kappa shape index (κ3) is 3.09. The summed E-state index contributed by atoms with van der Waals surface area (Å²) in [6, 6.07) is 2.86. The second-order valence-corrected chi connectivity index (χ2v) is 7.26. The summed E-state index contributed by atoms with van der Waals surface area (Å²) in [5, 5.41) is 3.44. The first kappa shape index (κ1) is 13.5. The molecule has 2 saturated heterocycles. The minimum absolute atomic E-state index is 0.606. The number of hydrogen-bond donors (Lipinski definition) is 1. The highest BCUT2D eigenvalue weighted by Crippen LogP contribution is 2.37. The highest BCUT2D eigenvalue weighted by molar-refractivity contribution is 7.84. The van der Waals surface area contributed by atoms with Crippen LogP contribution in [0.5, 0.6) is 0 Å². The van der Waals surface area contributed by atoms with Crippen LogP contribution in [-0.2, 0) is 10.8 Å². The molecule has 4 atom stereocenters. The molecule has 0 aromatic carbocycles. The summed E-state index contributed by atoms with van der Waals surface area (Å²) >= 11 is 0. The topological polar surface area (TPSA) is 32.3 Å². The van der Waals surface area contributed by atoms with Crippen molar-refractivity contribution >= 4 is 10.8 Å². The van der Waals surface area contributed by atoms with Gasteiger partial charge in [0.15, 0.2) is 0 Å². The second-order valence-electron chi connectivity index (χ2n) is 5.70. The van der Waals surface area contributed by atoms with Gasteiger partial charge in [-0.15, -0.1) is 0 Å². The van der Waals surface area contributed by atoms with Gasteiger partial charge in [0.25, 0.3) is 0 Å². The van der Waals surface area contributed by atoms with Gasteiger partial charge in [-0.1, -0.05) is 0 Å². The summed E-state index contributed by atoms with van der Waals surface area (Å²) in [6.07, 6.45) is 8.22. The van der Waals surface area contributed by atoms with Crippen LogP contribution in [-0.4, -0.2) is 52.3 Å². The lowest BCUT2D eigenvalue weighted by atomic mass is 9.95. The Balaban J connectivity index is 1.91. The minimum Gasteiger partial charge on any atom is -0.317 e. The number of nitrogens with one attached hydrogen (secondary N) is 1. The van der Waals surface area contributed by atoms with Crippen molar-refractivity contribution in [2.24, 2.45) is 0 Å². The van der Waals surface area contributed by atoms with Crippen LogP contribution < -0.4 is 5.32 Å². The zero-order valence-electron chi connectivity index (χ0n) is 11.3. The number of nitrogens with zero attached hydrogens (tertiary/aromatic N) is 1. The van der Waals surface area contributed by atoms with Gasteiger partial charge in [-0.05, 0) is 46.1 Å². The van der Waals surface area contributed by atoms with E-state index in [4.69, 9.17) is 0 Å². The highest BCUT2D eigenvalue weighted by atomic mass is 32.2. The van der Waals surface area contributed by atoms with E-state index in [1.54, 1.807) is 0 Å². The molecule has 3 nitrogen and oxygen atoms in total. The van der Waals surface area contributed by atoms with Gasteiger partial charge in [0.05, 0.1) is 0 Å². The molecule has 2 aliphatic rings. The lowest BCUT2D eigenvalue weighted by molar-refractivity contribution is 0.0777. The van der Waals surface area contributed by atoms with Gasteiger partial charge >= 0.3 is 0 Å². The second kappa shape index (κ2) is 5.81. The van der Waals surface area contributed by atoms with Gasteiger partial charge in [0.1, 0.15) is 0 Å². The van der Waals surface area contributed by atoms with Gasteiger partial charge in [-0.2, -0.15) is 0 Å². The summed E-state index contributed by atoms with van der Waals surface area (Å²) in [7, 11) is 1.45. The van der Waals surface area contributed by atoms with Crippen LogP contribution in [0.1, 0.15) is 39.0 Å². The minimum atomic E-state index is -0.640. The average molecular weight is 258 g/mol. The van der Waals surface area contributed by atoms with Crippen molar-refractivity contribution in [1.82, 2.24) is 10.2 Å². The maximum Gasteiger partial charge on any atom is 0.0246 e. The largest absolute Gasteiger partial charge is 0.317 e. The van der Waals surface area contributed by atoms with E-state index in [1.165, 1.54) is 25.7 Å². The molecule has 100 valence electrons. The standard InChI is InChI=1S/C13H26N2OS/c1-10(6-7-17(3)16)15-12-4-5-13(15)9-11(8-12)14-2/h10-14H,4-9H2,1-3H3. The summed E-state index contributed by atoms with van der Waals surface area (Å²) < 4.78 is 11.2. The molecular formula is C13H26N2OS. The first-order chi connectivity index (χ1) is 8.11. The van der Waals surface area contributed by atoms with Crippen LogP contribution >= 0.6 is 0 Å². The highest BCUT2D eigenvalue weighted by Gasteiger charge is 2.41. The first-order valence-electron chi connectivity index (χ1n) is 6.86. The van der Waals surface area contributed by atoms with E-state index in [0.717, 1.165) is 30.3 Å². The van der Waals surface area contributed by atoms with E-state index in [-0.39, 0.29) is 0 Å². The van der Waals surface area contributed by atoms with Crippen molar-refractivity contribution in [3.63, 3.8) is 0 Å². The molecule has 0 radical (unpaired) electrons. The Morgan fingerprint density at radius 1 is 1.35 bits per heavy atom. The van der Waals surface area contributed by atoms with Gasteiger partial charge in [-0.3, -0.25) is 9.11 Å². The number of fused-ring (bicyclic) bond motifs is 2. The van der Waals surface area contributed by atoms with E-state index >= 15 is 0 Å². The number of piperidine rings is 1. The molecule has 2 rings (SSSR count). The predicted octanol–water partition coefficient (Wildman–Crippen LogP) is 1.36. The van der Waals surface area contributed by atoms with Crippen molar-refractivity contribution < 1.29 is 4.21 Å². The van der Waals surface area contributed by atoms with Gasteiger partial charge in [0, 0.05) is 47.0 Å². The predicted molar refractivity (Wildman–Crippen MR) is 73.7 cm³/mol. The van der Waals surface area contributed by atoms with Gasteiger partial charge in [0.2, 0.25) is 0 Å². The van der Waals surface area contributed by atoms with E-state index in [2.05, 4.69) is 24.2 Å². The summed E-state index contributed by atoms with van der Waals surface area (Å²) in [5.74, 6) is 0.854. The zero-order valence-corrected chi connectivity index (χ0v) is 12.1. The zero-order chi connectivity index (χ0) is 12.4. The van der Waals surface area contributed by atoms with Crippen molar-refractivity contribution in [3.05, 3.63) is 0 Å². The summed E-state index contributed by atoms with van der Waals surface area (Å²) in [6.45, 7) is 2.32. The Morgan fingerprint density at radius 3 is 2.41 bits per heavy atom. The Hall–Kier alpha value is 0.0700.